The predicted octanol–water partition coefficient (Wildman–Crippen LogP) is 1.28. The Morgan fingerprint density at radius 1 is 1.56 bits per heavy atom. The van der Waals surface area contributed by atoms with E-state index in [4.69, 9.17) is 9.88 Å². The van der Waals surface area contributed by atoms with Crippen molar-refractivity contribution in [3.8, 4) is 5.75 Å². The first-order valence-corrected chi connectivity index (χ1v) is 6.45. The minimum absolute atomic E-state index is 0.00657. The third-order valence-electron chi connectivity index (χ3n) is 1.68. The van der Waals surface area contributed by atoms with Gasteiger partial charge < -0.3 is 4.74 Å². The van der Waals surface area contributed by atoms with E-state index < -0.39 is 27.0 Å². The lowest BCUT2D eigenvalue weighted by molar-refractivity contribution is 0.142. The average Bonchev–Trinajstić information content (AvgIpc) is 2.14. The SMILES string of the molecule is COc1cnc(C(F)F)c(S(N)(=O)=O)c1I. The van der Waals surface area contributed by atoms with Crippen LogP contribution >= 0.6 is 22.6 Å². The second-order valence-corrected chi connectivity index (χ2v) is 5.28. The Bertz CT molecular complexity index is 507. The Morgan fingerprint density at radius 3 is 2.50 bits per heavy atom. The number of primary sulfonamides is 1. The van der Waals surface area contributed by atoms with E-state index in [1.165, 1.54) is 7.11 Å². The highest BCUT2D eigenvalue weighted by molar-refractivity contribution is 14.1. The van der Waals surface area contributed by atoms with Crippen LogP contribution in [0.5, 0.6) is 5.75 Å². The molecule has 1 aromatic heterocycles. The van der Waals surface area contributed by atoms with Crippen LogP contribution in [0.2, 0.25) is 0 Å². The van der Waals surface area contributed by atoms with Crippen LogP contribution in [-0.4, -0.2) is 20.5 Å². The lowest BCUT2D eigenvalue weighted by Crippen LogP contribution is -2.18. The van der Waals surface area contributed by atoms with E-state index in [0.29, 0.717) is 0 Å². The number of sulfonamides is 1. The number of aromatic nitrogens is 1. The summed E-state index contributed by atoms with van der Waals surface area (Å²) < 4.78 is 52.3. The Kier molecular flexibility index (Phi) is 4.02. The average molecular weight is 364 g/mol. The van der Waals surface area contributed by atoms with Crippen LogP contribution in [0.4, 0.5) is 8.78 Å². The normalized spacial score (nSPS) is 11.9. The van der Waals surface area contributed by atoms with Gasteiger partial charge in [-0.3, -0.25) is 0 Å². The Hall–Kier alpha value is -0.550. The van der Waals surface area contributed by atoms with Gasteiger partial charge in [-0.15, -0.1) is 0 Å². The number of pyridine rings is 1. The largest absolute Gasteiger partial charge is 0.494 e. The highest BCUT2D eigenvalue weighted by Gasteiger charge is 2.27. The molecule has 0 spiro atoms. The summed E-state index contributed by atoms with van der Waals surface area (Å²) >= 11 is 1.57. The summed E-state index contributed by atoms with van der Waals surface area (Å²) in [5.74, 6) is 0.0778. The molecule has 0 aliphatic rings. The molecule has 0 aliphatic carbocycles. The van der Waals surface area contributed by atoms with Gasteiger partial charge in [0.1, 0.15) is 10.6 Å². The second kappa shape index (κ2) is 4.75. The molecule has 0 atom stereocenters. The third kappa shape index (κ3) is 2.58. The third-order valence-corrected chi connectivity index (χ3v) is 4.10. The number of halogens is 3. The predicted molar refractivity (Wildman–Crippen MR) is 59.8 cm³/mol. The molecule has 1 aromatic rings. The highest BCUT2D eigenvalue weighted by atomic mass is 127. The molecular weight excluding hydrogens is 357 g/mol. The van der Waals surface area contributed by atoms with Gasteiger partial charge in [0.25, 0.3) is 6.43 Å². The number of ether oxygens (including phenoxy) is 1. The summed E-state index contributed by atoms with van der Waals surface area (Å²) in [7, 11) is -3.00. The molecule has 5 nitrogen and oxygen atoms in total. The molecule has 0 unspecified atom stereocenters. The summed E-state index contributed by atoms with van der Waals surface area (Å²) in [6, 6.07) is 0. The van der Waals surface area contributed by atoms with Crippen LogP contribution in [0.15, 0.2) is 11.1 Å². The standard InChI is InChI=1S/C7H7F2IN2O3S/c1-15-3-2-12-5(7(8)9)6(4(3)10)16(11,13)14/h2,7H,1H3,(H2,11,13,14). The van der Waals surface area contributed by atoms with Crippen LogP contribution in [0, 0.1) is 3.57 Å². The summed E-state index contributed by atoms with van der Waals surface area (Å²) in [6.07, 6.45) is -1.99. The maximum Gasteiger partial charge on any atom is 0.281 e. The highest BCUT2D eigenvalue weighted by Crippen LogP contribution is 2.32. The van der Waals surface area contributed by atoms with Gasteiger partial charge in [-0.2, -0.15) is 0 Å². The lowest BCUT2D eigenvalue weighted by atomic mass is 10.3. The van der Waals surface area contributed by atoms with Crippen molar-refractivity contribution < 1.29 is 21.9 Å². The molecule has 0 radical (unpaired) electrons. The number of methoxy groups -OCH3 is 1. The van der Waals surface area contributed by atoms with Gasteiger partial charge in [0, 0.05) is 0 Å². The first-order chi connectivity index (χ1) is 7.29. The minimum atomic E-state index is -4.27. The van der Waals surface area contributed by atoms with E-state index >= 15 is 0 Å². The van der Waals surface area contributed by atoms with Crippen LogP contribution in [0.3, 0.4) is 0 Å². The monoisotopic (exact) mass is 364 g/mol. The fourth-order valence-electron chi connectivity index (χ4n) is 1.04. The molecule has 0 fully saturated rings. The van der Waals surface area contributed by atoms with Crippen molar-refractivity contribution in [3.63, 3.8) is 0 Å². The molecule has 9 heteroatoms. The van der Waals surface area contributed by atoms with Crippen LogP contribution in [0.25, 0.3) is 0 Å². The summed E-state index contributed by atoms with van der Waals surface area (Å²) in [5.41, 5.74) is -0.868. The van der Waals surface area contributed by atoms with Crippen molar-refractivity contribution in [1.29, 1.82) is 0 Å². The number of hydrogen-bond acceptors (Lipinski definition) is 4. The maximum atomic E-state index is 12.5. The van der Waals surface area contributed by atoms with E-state index in [-0.39, 0.29) is 9.32 Å². The van der Waals surface area contributed by atoms with Crippen molar-refractivity contribution in [2.24, 2.45) is 5.14 Å². The first kappa shape index (κ1) is 13.5. The molecule has 0 amide bonds. The molecule has 1 rings (SSSR count). The Labute approximate surface area is 104 Å². The summed E-state index contributed by atoms with van der Waals surface area (Å²) in [5, 5.41) is 4.86. The van der Waals surface area contributed by atoms with Gasteiger partial charge >= 0.3 is 0 Å². The number of rotatable bonds is 3. The first-order valence-electron chi connectivity index (χ1n) is 3.82. The minimum Gasteiger partial charge on any atom is -0.494 e. The molecule has 0 aliphatic heterocycles. The van der Waals surface area contributed by atoms with Gasteiger partial charge in [0.2, 0.25) is 10.0 Å². The van der Waals surface area contributed by atoms with Crippen molar-refractivity contribution in [2.45, 2.75) is 11.3 Å². The molecule has 90 valence electrons. The zero-order valence-corrected chi connectivity index (χ0v) is 10.9. The van der Waals surface area contributed by atoms with Gasteiger partial charge in [0.05, 0.1) is 16.9 Å². The fraction of sp³-hybridized carbons (Fsp3) is 0.286. The Balaban J connectivity index is 3.63. The number of alkyl halides is 2. The number of hydrogen-bond donors (Lipinski definition) is 1. The van der Waals surface area contributed by atoms with Crippen LogP contribution < -0.4 is 9.88 Å². The van der Waals surface area contributed by atoms with Gasteiger partial charge in [-0.1, -0.05) is 0 Å². The van der Waals surface area contributed by atoms with E-state index in [2.05, 4.69) is 4.98 Å². The van der Waals surface area contributed by atoms with Crippen LogP contribution in [-0.2, 0) is 10.0 Å². The van der Waals surface area contributed by atoms with E-state index in [0.717, 1.165) is 6.20 Å². The molecule has 0 aromatic carbocycles. The maximum absolute atomic E-state index is 12.5. The quantitative estimate of drug-likeness (QED) is 0.820. The molecule has 2 N–H and O–H groups in total. The van der Waals surface area contributed by atoms with E-state index in [1.54, 1.807) is 22.6 Å². The zero-order valence-electron chi connectivity index (χ0n) is 7.95. The van der Waals surface area contributed by atoms with Crippen molar-refractivity contribution in [3.05, 3.63) is 15.5 Å². The smallest absolute Gasteiger partial charge is 0.281 e. The van der Waals surface area contributed by atoms with Gasteiger partial charge in [-0.05, 0) is 22.6 Å². The molecule has 16 heavy (non-hydrogen) atoms. The van der Waals surface area contributed by atoms with Gasteiger partial charge in [-0.25, -0.2) is 27.3 Å². The van der Waals surface area contributed by atoms with E-state index in [9.17, 15) is 17.2 Å². The topological polar surface area (TPSA) is 82.3 Å². The zero-order chi connectivity index (χ0) is 12.5. The molecule has 0 saturated carbocycles. The van der Waals surface area contributed by atoms with Crippen molar-refractivity contribution >= 4 is 32.6 Å². The molecule has 0 saturated heterocycles. The van der Waals surface area contributed by atoms with E-state index in [1.807, 2.05) is 0 Å². The summed E-state index contributed by atoms with van der Waals surface area (Å²) in [6.45, 7) is 0. The van der Waals surface area contributed by atoms with Crippen LogP contribution in [0.1, 0.15) is 12.1 Å². The van der Waals surface area contributed by atoms with Gasteiger partial charge in [0.15, 0.2) is 5.75 Å². The number of nitrogens with zero attached hydrogens (tertiary/aromatic N) is 1. The molecule has 1 heterocycles. The Morgan fingerprint density at radius 2 is 2.12 bits per heavy atom. The van der Waals surface area contributed by atoms with Crippen molar-refractivity contribution in [2.75, 3.05) is 7.11 Å². The molecule has 0 bridgehead atoms. The number of nitrogens with two attached hydrogens (primary N) is 1. The lowest BCUT2D eigenvalue weighted by Gasteiger charge is -2.11. The van der Waals surface area contributed by atoms with Crippen molar-refractivity contribution in [1.82, 2.24) is 4.98 Å². The second-order valence-electron chi connectivity index (χ2n) is 2.70. The summed E-state index contributed by atoms with van der Waals surface area (Å²) in [4.78, 5) is 2.65. The molecular formula is C7H7F2IN2O3S. The fourth-order valence-corrected chi connectivity index (χ4v) is 3.38.